The third kappa shape index (κ3) is 4.57. The molecular weight excluding hydrogens is 420 g/mol. The maximum absolute atomic E-state index is 13.1. The number of thioether (sulfide) groups is 1. The van der Waals surface area contributed by atoms with Crippen LogP contribution in [-0.4, -0.2) is 37.9 Å². The van der Waals surface area contributed by atoms with Crippen molar-refractivity contribution < 1.29 is 9.53 Å². The van der Waals surface area contributed by atoms with Gasteiger partial charge in [-0.3, -0.25) is 14.3 Å². The molecule has 1 unspecified atom stereocenters. The van der Waals surface area contributed by atoms with E-state index >= 15 is 0 Å². The zero-order valence-electron chi connectivity index (χ0n) is 18.2. The Hall–Kier alpha value is -3.45. The molecule has 0 radical (unpaired) electrons. The summed E-state index contributed by atoms with van der Waals surface area (Å²) in [6, 6.07) is 19.3. The lowest BCUT2D eigenvalue weighted by molar-refractivity contribution is 0.0994. The third-order valence-electron chi connectivity index (χ3n) is 5.20. The predicted octanol–water partition coefficient (Wildman–Crippen LogP) is 5.26. The summed E-state index contributed by atoms with van der Waals surface area (Å²) in [5.41, 5.74) is 3.69. The number of carbonyl (C=O) groups excluding carboxylic acids is 1. The number of ether oxygens (including phenoxy) is 1. The van der Waals surface area contributed by atoms with Gasteiger partial charge in [0.1, 0.15) is 5.75 Å². The van der Waals surface area contributed by atoms with E-state index in [1.807, 2.05) is 72.2 Å². The average molecular weight is 445 g/mol. The second-order valence-corrected chi connectivity index (χ2v) is 8.56. The number of carbonyl (C=O) groups is 1. The molecule has 0 bridgehead atoms. The minimum absolute atomic E-state index is 0.0624. The van der Waals surface area contributed by atoms with Gasteiger partial charge in [0.15, 0.2) is 16.8 Å². The average Bonchev–Trinajstić information content (AvgIpc) is 3.27. The van der Waals surface area contributed by atoms with Crippen LogP contribution in [-0.2, 0) is 6.42 Å². The molecule has 0 amide bonds. The highest BCUT2D eigenvalue weighted by Gasteiger charge is 2.23. The van der Waals surface area contributed by atoms with Crippen LogP contribution in [0.1, 0.15) is 29.8 Å². The molecular formula is C25H24N4O2S. The zero-order valence-corrected chi connectivity index (χ0v) is 19.0. The summed E-state index contributed by atoms with van der Waals surface area (Å²) in [5, 5.41) is 9.18. The summed E-state index contributed by atoms with van der Waals surface area (Å²) in [4.78, 5) is 17.2. The Morgan fingerprint density at radius 2 is 1.69 bits per heavy atom. The Morgan fingerprint density at radius 1 is 1.00 bits per heavy atom. The fourth-order valence-corrected chi connectivity index (χ4v) is 4.29. The number of rotatable bonds is 8. The molecule has 0 saturated heterocycles. The molecule has 0 spiro atoms. The van der Waals surface area contributed by atoms with E-state index in [2.05, 4.69) is 22.1 Å². The van der Waals surface area contributed by atoms with Crippen LogP contribution in [0.3, 0.4) is 0 Å². The van der Waals surface area contributed by atoms with Crippen molar-refractivity contribution >= 4 is 17.5 Å². The minimum Gasteiger partial charge on any atom is -0.497 e. The summed E-state index contributed by atoms with van der Waals surface area (Å²) < 4.78 is 7.26. The summed E-state index contributed by atoms with van der Waals surface area (Å²) in [7, 11) is 1.64. The molecule has 4 aromatic rings. The van der Waals surface area contributed by atoms with Gasteiger partial charge in [-0.15, -0.1) is 10.2 Å². The topological polar surface area (TPSA) is 69.9 Å². The minimum atomic E-state index is -0.325. The standard InChI is InChI=1S/C25H24N4O2S/c1-4-18-5-7-19(8-6-18)23(30)17(2)32-25-28-27-24(20-13-15-26-16-14-20)29(25)21-9-11-22(31-3)12-10-21/h5-17H,4H2,1-3H3. The van der Waals surface area contributed by atoms with E-state index in [1.165, 1.54) is 17.3 Å². The highest BCUT2D eigenvalue weighted by molar-refractivity contribution is 8.00. The Kier molecular flexibility index (Phi) is 6.66. The van der Waals surface area contributed by atoms with Crippen molar-refractivity contribution in [1.82, 2.24) is 19.7 Å². The number of pyridine rings is 1. The van der Waals surface area contributed by atoms with Crippen LogP contribution in [0.5, 0.6) is 5.75 Å². The van der Waals surface area contributed by atoms with Crippen LogP contribution in [0.2, 0.25) is 0 Å². The molecule has 2 heterocycles. The number of benzene rings is 2. The van der Waals surface area contributed by atoms with Crippen LogP contribution in [0.15, 0.2) is 78.2 Å². The number of hydrogen-bond donors (Lipinski definition) is 0. The first-order valence-electron chi connectivity index (χ1n) is 10.4. The summed E-state index contributed by atoms with van der Waals surface area (Å²) >= 11 is 1.40. The van der Waals surface area contributed by atoms with Crippen molar-refractivity contribution in [3.05, 3.63) is 84.2 Å². The Bertz CT molecular complexity index is 1190. The number of aromatic nitrogens is 4. The van der Waals surface area contributed by atoms with E-state index < -0.39 is 0 Å². The van der Waals surface area contributed by atoms with Crippen molar-refractivity contribution in [3.63, 3.8) is 0 Å². The smallest absolute Gasteiger partial charge is 0.196 e. The first-order chi connectivity index (χ1) is 15.6. The molecule has 1 atom stereocenters. The maximum atomic E-state index is 13.1. The highest BCUT2D eigenvalue weighted by atomic mass is 32.2. The van der Waals surface area contributed by atoms with Gasteiger partial charge in [-0.25, -0.2) is 0 Å². The van der Waals surface area contributed by atoms with Crippen LogP contribution in [0, 0.1) is 0 Å². The Morgan fingerprint density at radius 3 is 2.31 bits per heavy atom. The Balaban J connectivity index is 1.68. The number of Topliss-reactive ketones (excluding diaryl/α,β-unsaturated/α-hetero) is 1. The lowest BCUT2D eigenvalue weighted by Gasteiger charge is -2.14. The van der Waals surface area contributed by atoms with Gasteiger partial charge in [0.25, 0.3) is 0 Å². The van der Waals surface area contributed by atoms with E-state index in [-0.39, 0.29) is 11.0 Å². The van der Waals surface area contributed by atoms with Crippen molar-refractivity contribution in [2.45, 2.75) is 30.7 Å². The molecule has 0 aliphatic carbocycles. The normalized spacial score (nSPS) is 11.8. The fraction of sp³-hybridized carbons (Fsp3) is 0.200. The fourth-order valence-electron chi connectivity index (χ4n) is 3.35. The number of aryl methyl sites for hydroxylation is 1. The molecule has 162 valence electrons. The first kappa shape index (κ1) is 21.8. The molecule has 0 aliphatic rings. The van der Waals surface area contributed by atoms with Gasteiger partial charge in [0, 0.05) is 29.2 Å². The maximum Gasteiger partial charge on any atom is 0.196 e. The van der Waals surface area contributed by atoms with Crippen molar-refractivity contribution in [2.75, 3.05) is 7.11 Å². The Labute approximate surface area is 191 Å². The van der Waals surface area contributed by atoms with Gasteiger partial charge < -0.3 is 4.74 Å². The molecule has 7 heteroatoms. The molecule has 4 rings (SSSR count). The number of nitrogens with zero attached hydrogens (tertiary/aromatic N) is 4. The zero-order chi connectivity index (χ0) is 22.5. The molecule has 0 fully saturated rings. The van der Waals surface area contributed by atoms with E-state index in [4.69, 9.17) is 4.74 Å². The van der Waals surface area contributed by atoms with Gasteiger partial charge in [-0.05, 0) is 55.3 Å². The summed E-state index contributed by atoms with van der Waals surface area (Å²) in [6.07, 6.45) is 4.39. The van der Waals surface area contributed by atoms with Crippen LogP contribution >= 0.6 is 11.8 Å². The lowest BCUT2D eigenvalue weighted by Crippen LogP contribution is -2.14. The van der Waals surface area contributed by atoms with E-state index in [0.29, 0.717) is 16.5 Å². The highest BCUT2D eigenvalue weighted by Crippen LogP contribution is 2.31. The van der Waals surface area contributed by atoms with Crippen molar-refractivity contribution in [3.8, 4) is 22.8 Å². The van der Waals surface area contributed by atoms with Crippen LogP contribution in [0.4, 0.5) is 0 Å². The van der Waals surface area contributed by atoms with Gasteiger partial charge in [-0.1, -0.05) is 43.0 Å². The number of hydrogen-bond acceptors (Lipinski definition) is 6. The number of methoxy groups -OCH3 is 1. The SMILES string of the molecule is CCc1ccc(C(=O)C(C)Sc2nnc(-c3ccncc3)n2-c2ccc(OC)cc2)cc1. The van der Waals surface area contributed by atoms with E-state index in [9.17, 15) is 4.79 Å². The van der Waals surface area contributed by atoms with Gasteiger partial charge >= 0.3 is 0 Å². The van der Waals surface area contributed by atoms with Crippen LogP contribution < -0.4 is 4.74 Å². The quantitative estimate of drug-likeness (QED) is 0.273. The molecule has 6 nitrogen and oxygen atoms in total. The molecule has 2 aromatic carbocycles. The monoisotopic (exact) mass is 444 g/mol. The van der Waals surface area contributed by atoms with Crippen molar-refractivity contribution in [2.24, 2.45) is 0 Å². The lowest BCUT2D eigenvalue weighted by atomic mass is 10.1. The molecule has 32 heavy (non-hydrogen) atoms. The van der Waals surface area contributed by atoms with Gasteiger partial charge in [0.2, 0.25) is 0 Å². The van der Waals surface area contributed by atoms with Gasteiger partial charge in [-0.2, -0.15) is 0 Å². The van der Waals surface area contributed by atoms with E-state index in [0.717, 1.165) is 23.4 Å². The van der Waals surface area contributed by atoms with Gasteiger partial charge in [0.05, 0.1) is 12.4 Å². The first-order valence-corrected chi connectivity index (χ1v) is 11.3. The molecule has 0 aliphatic heterocycles. The third-order valence-corrected chi connectivity index (χ3v) is 6.24. The summed E-state index contributed by atoms with van der Waals surface area (Å²) in [5.74, 6) is 1.51. The second-order valence-electron chi connectivity index (χ2n) is 7.25. The van der Waals surface area contributed by atoms with Crippen LogP contribution in [0.25, 0.3) is 17.1 Å². The largest absolute Gasteiger partial charge is 0.497 e. The number of ketones is 1. The summed E-state index contributed by atoms with van der Waals surface area (Å²) in [6.45, 7) is 4.00. The van der Waals surface area contributed by atoms with E-state index in [1.54, 1.807) is 19.5 Å². The predicted molar refractivity (Wildman–Crippen MR) is 127 cm³/mol. The molecule has 2 aromatic heterocycles. The molecule has 0 N–H and O–H groups in total. The molecule has 0 saturated carbocycles. The second kappa shape index (κ2) is 9.78. The van der Waals surface area contributed by atoms with Crippen molar-refractivity contribution in [1.29, 1.82) is 0 Å².